The Morgan fingerprint density at radius 2 is 1.73 bits per heavy atom. The van der Waals surface area contributed by atoms with Gasteiger partial charge < -0.3 is 24.6 Å². The summed E-state index contributed by atoms with van der Waals surface area (Å²) in [7, 11) is 3.08. The maximum absolute atomic E-state index is 14.1. The van der Waals surface area contributed by atoms with Gasteiger partial charge in [0.2, 0.25) is 0 Å². The van der Waals surface area contributed by atoms with Crippen LogP contribution in [-0.4, -0.2) is 35.8 Å². The van der Waals surface area contributed by atoms with Crippen molar-refractivity contribution < 1.29 is 28.9 Å². The van der Waals surface area contributed by atoms with Crippen molar-refractivity contribution in [3.05, 3.63) is 150 Å². The number of thiazole rings is 1. The van der Waals surface area contributed by atoms with Gasteiger partial charge in [0.25, 0.3) is 11.5 Å². The molecule has 0 spiro atoms. The molecule has 1 aliphatic rings. The molecule has 0 bridgehead atoms. The molecule has 0 saturated carbocycles. The van der Waals surface area contributed by atoms with Crippen molar-refractivity contribution in [2.45, 2.75) is 19.6 Å². The predicted molar refractivity (Wildman–Crippen MR) is 183 cm³/mol. The Balaban J connectivity index is 1.37. The van der Waals surface area contributed by atoms with Crippen LogP contribution in [0.5, 0.6) is 17.2 Å². The van der Waals surface area contributed by atoms with E-state index in [0.29, 0.717) is 60.2 Å². The van der Waals surface area contributed by atoms with Crippen molar-refractivity contribution in [2.75, 3.05) is 19.5 Å². The summed E-state index contributed by atoms with van der Waals surface area (Å²) < 4.78 is 19.0. The number of carboxylic acid groups (broad SMARTS) is 1. The number of allylic oxidation sites excluding steroid dienone is 1. The van der Waals surface area contributed by atoms with Crippen LogP contribution in [0.2, 0.25) is 0 Å². The van der Waals surface area contributed by atoms with E-state index in [4.69, 9.17) is 19.2 Å². The fourth-order valence-electron chi connectivity index (χ4n) is 5.46. The van der Waals surface area contributed by atoms with E-state index in [1.165, 1.54) is 24.5 Å². The number of nitrogens with zero attached hydrogens (tertiary/aromatic N) is 2. The Hall–Kier alpha value is -5.94. The van der Waals surface area contributed by atoms with Crippen LogP contribution in [0.1, 0.15) is 40.0 Å². The third kappa shape index (κ3) is 6.62. The van der Waals surface area contributed by atoms with E-state index in [1.807, 2.05) is 36.4 Å². The molecule has 48 heavy (non-hydrogen) atoms. The van der Waals surface area contributed by atoms with Crippen molar-refractivity contribution >= 4 is 35.0 Å². The Morgan fingerprint density at radius 3 is 2.48 bits per heavy atom. The van der Waals surface area contributed by atoms with Crippen molar-refractivity contribution in [1.29, 1.82) is 0 Å². The van der Waals surface area contributed by atoms with Gasteiger partial charge in [-0.05, 0) is 78.2 Å². The molecule has 5 aromatic rings. The number of anilines is 1. The summed E-state index contributed by atoms with van der Waals surface area (Å²) in [4.78, 5) is 44.4. The normalized spacial score (nSPS) is 14.1. The van der Waals surface area contributed by atoms with Crippen LogP contribution in [0.3, 0.4) is 0 Å². The lowest BCUT2D eigenvalue weighted by Gasteiger charge is -2.25. The smallest absolute Gasteiger partial charge is 0.335 e. The minimum Gasteiger partial charge on any atom is -0.497 e. The van der Waals surface area contributed by atoms with Gasteiger partial charge in [0.15, 0.2) is 16.3 Å². The molecule has 0 fully saturated rings. The first-order valence-electron chi connectivity index (χ1n) is 14.9. The van der Waals surface area contributed by atoms with Gasteiger partial charge in [-0.15, -0.1) is 0 Å². The summed E-state index contributed by atoms with van der Waals surface area (Å²) in [6, 6.07) is 27.5. The molecule has 4 aromatic carbocycles. The van der Waals surface area contributed by atoms with Crippen LogP contribution < -0.4 is 34.4 Å². The van der Waals surface area contributed by atoms with Gasteiger partial charge in [0.1, 0.15) is 12.4 Å². The topological polar surface area (TPSA) is 128 Å². The molecule has 2 N–H and O–H groups in total. The number of hydrogen-bond acceptors (Lipinski definition) is 8. The van der Waals surface area contributed by atoms with Gasteiger partial charge >= 0.3 is 5.97 Å². The largest absolute Gasteiger partial charge is 0.497 e. The first kappa shape index (κ1) is 32.0. The molecule has 11 heteroatoms. The van der Waals surface area contributed by atoms with Gasteiger partial charge in [-0.2, -0.15) is 0 Å². The van der Waals surface area contributed by atoms with Crippen molar-refractivity contribution in [1.82, 2.24) is 4.57 Å². The maximum Gasteiger partial charge on any atom is 0.335 e. The van der Waals surface area contributed by atoms with E-state index in [9.17, 15) is 19.5 Å². The second-order valence-corrected chi connectivity index (χ2v) is 11.9. The van der Waals surface area contributed by atoms with E-state index in [2.05, 4.69) is 5.32 Å². The minimum absolute atomic E-state index is 0.138. The molecule has 0 radical (unpaired) electrons. The quantitative estimate of drug-likeness (QED) is 0.211. The third-order valence-corrected chi connectivity index (χ3v) is 8.74. The molecule has 1 amide bonds. The Kier molecular flexibility index (Phi) is 9.22. The van der Waals surface area contributed by atoms with Crippen LogP contribution >= 0.6 is 11.3 Å². The maximum atomic E-state index is 14.1. The molecule has 1 aromatic heterocycles. The second-order valence-electron chi connectivity index (χ2n) is 10.9. The Morgan fingerprint density at radius 1 is 0.938 bits per heavy atom. The van der Waals surface area contributed by atoms with E-state index in [0.717, 1.165) is 0 Å². The lowest BCUT2D eigenvalue weighted by atomic mass is 9.95. The van der Waals surface area contributed by atoms with Crippen LogP contribution in [0, 0.1) is 0 Å². The van der Waals surface area contributed by atoms with Crippen molar-refractivity contribution in [3.63, 3.8) is 0 Å². The molecular weight excluding hydrogens is 630 g/mol. The van der Waals surface area contributed by atoms with Crippen molar-refractivity contribution in [3.8, 4) is 17.2 Å². The Labute approximate surface area is 279 Å². The van der Waals surface area contributed by atoms with E-state index >= 15 is 0 Å². The summed E-state index contributed by atoms with van der Waals surface area (Å²) in [6.45, 7) is 1.91. The highest BCUT2D eigenvalue weighted by Gasteiger charge is 2.32. The number of nitrogens with one attached hydrogen (secondary N) is 1. The molecule has 10 nitrogen and oxygen atoms in total. The van der Waals surface area contributed by atoms with E-state index in [1.54, 1.807) is 79.3 Å². The average molecular weight is 662 g/mol. The van der Waals surface area contributed by atoms with Crippen LogP contribution in [0.15, 0.2) is 118 Å². The van der Waals surface area contributed by atoms with Gasteiger partial charge in [-0.3, -0.25) is 14.2 Å². The standard InChI is InChI=1S/C37H31N3O7S/c1-22-32(34(41)39-27-12-5-4-6-13-27)33(25-10-8-14-28(20-25)45-2)40-35(42)31(48-37(40)38-22)19-23-15-16-29(30(18-23)46-3)47-21-24-9-7-11-26(17-24)36(43)44/h4-20,33H,21H2,1-3H3,(H,39,41)(H,43,44)/b31-19-/t33-/m0/s1. The molecule has 1 aliphatic heterocycles. The number of amides is 1. The van der Waals surface area contributed by atoms with Crippen molar-refractivity contribution in [2.24, 2.45) is 4.99 Å². The summed E-state index contributed by atoms with van der Waals surface area (Å²) in [5.74, 6) is 0.117. The first-order valence-corrected chi connectivity index (χ1v) is 15.7. The number of carbonyl (C=O) groups excluding carboxylic acids is 1. The predicted octanol–water partition coefficient (Wildman–Crippen LogP) is 5.17. The zero-order chi connectivity index (χ0) is 33.8. The summed E-state index contributed by atoms with van der Waals surface area (Å²) >= 11 is 1.23. The lowest BCUT2D eigenvalue weighted by molar-refractivity contribution is -0.113. The molecule has 0 saturated heterocycles. The van der Waals surface area contributed by atoms with Crippen LogP contribution in [0.4, 0.5) is 5.69 Å². The SMILES string of the molecule is COc1cccc([C@H]2C(C(=O)Nc3ccccc3)=C(C)N=c3s/c(=C\c4ccc(OCc5cccc(C(=O)O)c5)c(OC)c4)c(=O)n32)c1. The zero-order valence-corrected chi connectivity index (χ0v) is 27.1. The highest BCUT2D eigenvalue weighted by Crippen LogP contribution is 2.33. The van der Waals surface area contributed by atoms with Crippen LogP contribution in [-0.2, 0) is 11.4 Å². The third-order valence-electron chi connectivity index (χ3n) is 7.76. The molecule has 1 atom stereocenters. The summed E-state index contributed by atoms with van der Waals surface area (Å²) in [6.07, 6.45) is 1.75. The average Bonchev–Trinajstić information content (AvgIpc) is 3.40. The number of fused-ring (bicyclic) bond motifs is 1. The number of hydrogen-bond donors (Lipinski definition) is 2. The molecule has 242 valence electrons. The highest BCUT2D eigenvalue weighted by atomic mass is 32.1. The monoisotopic (exact) mass is 661 g/mol. The zero-order valence-electron chi connectivity index (χ0n) is 26.3. The number of benzene rings is 4. The number of carbonyl (C=O) groups is 2. The van der Waals surface area contributed by atoms with Gasteiger partial charge in [-0.1, -0.05) is 59.9 Å². The second kappa shape index (κ2) is 13.8. The molecule has 0 unspecified atom stereocenters. The molecule has 2 heterocycles. The number of methoxy groups -OCH3 is 2. The minimum atomic E-state index is -1.01. The van der Waals surface area contributed by atoms with Gasteiger partial charge in [0, 0.05) is 5.69 Å². The van der Waals surface area contributed by atoms with E-state index < -0.39 is 12.0 Å². The van der Waals surface area contributed by atoms with Gasteiger partial charge in [-0.25, -0.2) is 9.79 Å². The summed E-state index contributed by atoms with van der Waals surface area (Å²) in [5.41, 5.74) is 3.43. The fourth-order valence-corrected chi connectivity index (χ4v) is 6.51. The van der Waals surface area contributed by atoms with Gasteiger partial charge in [0.05, 0.1) is 41.6 Å². The molecule has 6 rings (SSSR count). The van der Waals surface area contributed by atoms with Crippen LogP contribution in [0.25, 0.3) is 6.08 Å². The fraction of sp³-hybridized carbons (Fsp3) is 0.135. The number of ether oxygens (including phenoxy) is 3. The lowest BCUT2D eigenvalue weighted by Crippen LogP contribution is -2.40. The number of aromatic carboxylic acids is 1. The molecule has 0 aliphatic carbocycles. The first-order chi connectivity index (χ1) is 23.2. The number of para-hydroxylation sites is 1. The Bertz CT molecular complexity index is 2240. The molecular formula is C37H31N3O7S. The number of rotatable bonds is 10. The number of carboxylic acids is 1. The summed E-state index contributed by atoms with van der Waals surface area (Å²) in [5, 5.41) is 12.2. The number of aromatic nitrogens is 1. The van der Waals surface area contributed by atoms with E-state index in [-0.39, 0.29) is 23.6 Å². The highest BCUT2D eigenvalue weighted by molar-refractivity contribution is 7.07.